The number of hydrogen-bond acceptors (Lipinski definition) is 4. The van der Waals surface area contributed by atoms with Crippen molar-refractivity contribution < 1.29 is 13.2 Å². The molecule has 2 rings (SSSR count). The summed E-state index contributed by atoms with van der Waals surface area (Å²) in [5.74, 6) is 0.289. The van der Waals surface area contributed by atoms with Gasteiger partial charge in [-0.25, -0.2) is 8.42 Å². The summed E-state index contributed by atoms with van der Waals surface area (Å²) in [5.41, 5.74) is 6.38. The summed E-state index contributed by atoms with van der Waals surface area (Å²) in [4.78, 5) is 12.2. The molecule has 136 valence electrons. The van der Waals surface area contributed by atoms with Gasteiger partial charge in [-0.2, -0.15) is 4.31 Å². The highest BCUT2D eigenvalue weighted by Gasteiger charge is 2.28. The van der Waals surface area contributed by atoms with Gasteiger partial charge in [-0.05, 0) is 56.9 Å². The molecule has 1 amide bonds. The van der Waals surface area contributed by atoms with E-state index in [2.05, 4.69) is 5.32 Å². The van der Waals surface area contributed by atoms with Crippen LogP contribution in [0.3, 0.4) is 0 Å². The normalized spacial score (nSPS) is 15.9. The Hall–Kier alpha value is -1.15. The van der Waals surface area contributed by atoms with Crippen LogP contribution in [0.25, 0.3) is 0 Å². The van der Waals surface area contributed by atoms with Crippen molar-refractivity contribution in [3.05, 3.63) is 29.8 Å². The van der Waals surface area contributed by atoms with E-state index in [0.29, 0.717) is 18.0 Å². The summed E-state index contributed by atoms with van der Waals surface area (Å²) < 4.78 is 26.0. The molecule has 1 aliphatic carbocycles. The van der Waals surface area contributed by atoms with Crippen LogP contribution in [-0.2, 0) is 10.0 Å². The Morgan fingerprint density at radius 3 is 2.29 bits per heavy atom. The van der Waals surface area contributed by atoms with Gasteiger partial charge in [0.15, 0.2) is 0 Å². The van der Waals surface area contributed by atoms with E-state index in [-0.39, 0.29) is 35.3 Å². The minimum atomic E-state index is -3.53. The van der Waals surface area contributed by atoms with Crippen molar-refractivity contribution in [2.75, 3.05) is 13.6 Å². The van der Waals surface area contributed by atoms with Crippen LogP contribution in [0.2, 0.25) is 0 Å². The number of carbonyl (C=O) groups excluding carboxylic acids is 1. The average Bonchev–Trinajstić information content (AvgIpc) is 3.36. The first kappa shape index (κ1) is 20.9. The molecule has 0 heterocycles. The minimum Gasteiger partial charge on any atom is -0.350 e. The number of hydrogen-bond donors (Lipinski definition) is 2. The molecule has 0 aliphatic heterocycles. The predicted octanol–water partition coefficient (Wildman–Crippen LogP) is 1.60. The number of amides is 1. The molecule has 6 nitrogen and oxygen atoms in total. The third-order valence-corrected chi connectivity index (χ3v) is 6.29. The number of rotatable bonds is 7. The molecule has 1 atom stereocenters. The Morgan fingerprint density at radius 1 is 1.29 bits per heavy atom. The third kappa shape index (κ3) is 4.92. The van der Waals surface area contributed by atoms with Gasteiger partial charge < -0.3 is 11.1 Å². The van der Waals surface area contributed by atoms with Crippen LogP contribution in [0.1, 0.15) is 37.0 Å². The van der Waals surface area contributed by atoms with Crippen molar-refractivity contribution in [3.63, 3.8) is 0 Å². The molecule has 1 unspecified atom stereocenters. The van der Waals surface area contributed by atoms with Gasteiger partial charge >= 0.3 is 0 Å². The van der Waals surface area contributed by atoms with E-state index in [1.807, 2.05) is 13.8 Å². The number of benzene rings is 1. The molecule has 0 bridgehead atoms. The molecule has 8 heteroatoms. The lowest BCUT2D eigenvalue weighted by molar-refractivity contribution is 0.0950. The molecular weight excluding hydrogens is 350 g/mol. The van der Waals surface area contributed by atoms with Crippen LogP contribution in [0.15, 0.2) is 29.2 Å². The number of carbonyl (C=O) groups is 1. The first-order valence-electron chi connectivity index (χ1n) is 7.85. The maximum Gasteiger partial charge on any atom is 0.251 e. The SMILES string of the molecule is CC(C)N(C)S(=O)(=O)c1ccc(C(=O)NCC(N)C2CC2)cc1.Cl. The topological polar surface area (TPSA) is 92.5 Å². The molecule has 0 spiro atoms. The van der Waals surface area contributed by atoms with Gasteiger partial charge in [0.25, 0.3) is 5.91 Å². The molecule has 1 fully saturated rings. The molecule has 1 aromatic carbocycles. The Balaban J connectivity index is 0.00000288. The van der Waals surface area contributed by atoms with E-state index < -0.39 is 10.0 Å². The molecular formula is C16H26ClN3O3S. The zero-order chi connectivity index (χ0) is 17.2. The van der Waals surface area contributed by atoms with Gasteiger partial charge in [-0.3, -0.25) is 4.79 Å². The lowest BCUT2D eigenvalue weighted by Gasteiger charge is -2.21. The van der Waals surface area contributed by atoms with Crippen molar-refractivity contribution in [3.8, 4) is 0 Å². The minimum absolute atomic E-state index is 0. The molecule has 24 heavy (non-hydrogen) atoms. The number of halogens is 1. The van der Waals surface area contributed by atoms with Crippen molar-refractivity contribution >= 4 is 28.3 Å². The van der Waals surface area contributed by atoms with E-state index in [1.165, 1.54) is 28.6 Å². The van der Waals surface area contributed by atoms with E-state index in [4.69, 9.17) is 5.73 Å². The van der Waals surface area contributed by atoms with E-state index in [1.54, 1.807) is 7.05 Å². The van der Waals surface area contributed by atoms with E-state index in [0.717, 1.165) is 12.8 Å². The summed E-state index contributed by atoms with van der Waals surface area (Å²) >= 11 is 0. The van der Waals surface area contributed by atoms with Gasteiger partial charge in [0.2, 0.25) is 10.0 Å². The van der Waals surface area contributed by atoms with Crippen LogP contribution >= 0.6 is 12.4 Å². The molecule has 1 aliphatic rings. The predicted molar refractivity (Wildman–Crippen MR) is 96.8 cm³/mol. The van der Waals surface area contributed by atoms with Gasteiger partial charge in [-0.15, -0.1) is 12.4 Å². The van der Waals surface area contributed by atoms with E-state index in [9.17, 15) is 13.2 Å². The van der Waals surface area contributed by atoms with Gasteiger partial charge in [0.1, 0.15) is 0 Å². The smallest absolute Gasteiger partial charge is 0.251 e. The standard InChI is InChI=1S/C16H25N3O3S.ClH/c1-11(2)19(3)23(21,22)14-8-6-13(7-9-14)16(20)18-10-15(17)12-4-5-12;/h6-9,11-12,15H,4-5,10,17H2,1-3H3,(H,18,20);1H. The summed E-state index contributed by atoms with van der Waals surface area (Å²) in [6.07, 6.45) is 2.26. The van der Waals surface area contributed by atoms with Crippen molar-refractivity contribution in [1.29, 1.82) is 0 Å². The average molecular weight is 376 g/mol. The fourth-order valence-corrected chi connectivity index (χ4v) is 3.59. The van der Waals surface area contributed by atoms with Crippen LogP contribution in [-0.4, -0.2) is 44.3 Å². The second-order valence-electron chi connectivity index (χ2n) is 6.35. The number of nitrogens with two attached hydrogens (primary N) is 1. The molecule has 0 saturated heterocycles. The second kappa shape index (κ2) is 8.29. The van der Waals surface area contributed by atoms with Crippen LogP contribution in [0.5, 0.6) is 0 Å². The number of sulfonamides is 1. The summed E-state index contributed by atoms with van der Waals surface area (Å²) in [6, 6.07) is 5.84. The molecule has 3 N–H and O–H groups in total. The van der Waals surface area contributed by atoms with Crippen LogP contribution in [0, 0.1) is 5.92 Å². The second-order valence-corrected chi connectivity index (χ2v) is 8.35. The first-order chi connectivity index (χ1) is 10.7. The summed E-state index contributed by atoms with van der Waals surface area (Å²) in [7, 11) is -1.99. The van der Waals surface area contributed by atoms with Crippen LogP contribution < -0.4 is 11.1 Å². The molecule has 0 aromatic heterocycles. The van der Waals surface area contributed by atoms with Gasteiger partial charge in [0, 0.05) is 31.2 Å². The largest absolute Gasteiger partial charge is 0.350 e. The van der Waals surface area contributed by atoms with Crippen LogP contribution in [0.4, 0.5) is 0 Å². The quantitative estimate of drug-likeness (QED) is 0.757. The molecule has 0 radical (unpaired) electrons. The van der Waals surface area contributed by atoms with Crippen molar-refractivity contribution in [2.45, 2.75) is 43.7 Å². The Labute approximate surface area is 150 Å². The molecule has 1 saturated carbocycles. The maximum atomic E-state index is 12.4. The Bertz CT molecular complexity index is 658. The van der Waals surface area contributed by atoms with Crippen molar-refractivity contribution in [2.24, 2.45) is 11.7 Å². The zero-order valence-electron chi connectivity index (χ0n) is 14.2. The van der Waals surface area contributed by atoms with E-state index >= 15 is 0 Å². The number of nitrogens with one attached hydrogen (secondary N) is 1. The highest BCUT2D eigenvalue weighted by molar-refractivity contribution is 7.89. The van der Waals surface area contributed by atoms with Gasteiger partial charge in [0.05, 0.1) is 4.90 Å². The van der Waals surface area contributed by atoms with Crippen molar-refractivity contribution in [1.82, 2.24) is 9.62 Å². The molecule has 1 aromatic rings. The lowest BCUT2D eigenvalue weighted by Crippen LogP contribution is -2.38. The maximum absolute atomic E-state index is 12.4. The summed E-state index contributed by atoms with van der Waals surface area (Å²) in [5, 5.41) is 2.80. The fraction of sp³-hybridized carbons (Fsp3) is 0.562. The monoisotopic (exact) mass is 375 g/mol. The highest BCUT2D eigenvalue weighted by atomic mass is 35.5. The highest BCUT2D eigenvalue weighted by Crippen LogP contribution is 2.31. The Kier molecular flexibility index (Phi) is 7.22. The first-order valence-corrected chi connectivity index (χ1v) is 9.29. The lowest BCUT2D eigenvalue weighted by atomic mass is 10.2. The third-order valence-electron chi connectivity index (χ3n) is 4.25. The fourth-order valence-electron chi connectivity index (χ4n) is 2.23. The summed E-state index contributed by atoms with van der Waals surface area (Å²) in [6.45, 7) is 4.06. The van der Waals surface area contributed by atoms with Gasteiger partial charge in [-0.1, -0.05) is 0 Å². The Morgan fingerprint density at radius 2 is 1.83 bits per heavy atom. The number of nitrogens with zero attached hydrogens (tertiary/aromatic N) is 1. The zero-order valence-corrected chi connectivity index (χ0v) is 15.9.